The van der Waals surface area contributed by atoms with E-state index in [2.05, 4.69) is 4.90 Å². The maximum Gasteiger partial charge on any atom is 0.446 e. The summed E-state index contributed by atoms with van der Waals surface area (Å²) < 4.78 is 75.4. The van der Waals surface area contributed by atoms with Crippen LogP contribution in [0.2, 0.25) is 0 Å². The zero-order valence-electron chi connectivity index (χ0n) is 18.2. The molecule has 1 amide bonds. The molecule has 2 aliphatic heterocycles. The van der Waals surface area contributed by atoms with Crippen molar-refractivity contribution in [3.63, 3.8) is 0 Å². The van der Waals surface area contributed by atoms with Crippen molar-refractivity contribution in [2.24, 2.45) is 0 Å². The molecule has 34 heavy (non-hydrogen) atoms. The Bertz CT molecular complexity index is 1160. The molecule has 0 atom stereocenters. The number of nitrogens with zero attached hydrogens (tertiary/aromatic N) is 3. The summed E-state index contributed by atoms with van der Waals surface area (Å²) in [5, 5.41) is 0. The molecule has 0 bridgehead atoms. The van der Waals surface area contributed by atoms with Crippen molar-refractivity contribution in [1.82, 2.24) is 4.90 Å². The monoisotopic (exact) mass is 499 g/mol. The summed E-state index contributed by atoms with van der Waals surface area (Å²) in [6, 6.07) is 10.0. The van der Waals surface area contributed by atoms with E-state index in [0.29, 0.717) is 50.5 Å². The predicted molar refractivity (Wildman–Crippen MR) is 119 cm³/mol. The number of piperazine rings is 1. The van der Waals surface area contributed by atoms with E-state index in [9.17, 15) is 26.4 Å². The second kappa shape index (κ2) is 9.43. The van der Waals surface area contributed by atoms with Crippen LogP contribution in [0.4, 0.5) is 24.5 Å². The molecular formula is C22H24F3N3O5S. The molecule has 2 aromatic carbocycles. The number of carbonyl (C=O) groups is 1. The van der Waals surface area contributed by atoms with Crippen molar-refractivity contribution in [1.29, 1.82) is 0 Å². The molecule has 0 unspecified atom stereocenters. The molecule has 12 heteroatoms. The zero-order chi connectivity index (χ0) is 24.5. The molecule has 8 nitrogen and oxygen atoms in total. The SMILES string of the molecule is O=C1CCc2cccc(OS(=O)(=O)O)c2N1CCN1CCN(c2cccc(C(F)(F)F)c2)CC1. The molecule has 1 saturated heterocycles. The Labute approximate surface area is 195 Å². The van der Waals surface area contributed by atoms with Crippen molar-refractivity contribution in [2.75, 3.05) is 49.1 Å². The van der Waals surface area contributed by atoms with E-state index in [1.807, 2.05) is 4.90 Å². The highest BCUT2D eigenvalue weighted by atomic mass is 32.3. The third-order valence-corrected chi connectivity index (χ3v) is 6.40. The molecule has 184 valence electrons. The zero-order valence-corrected chi connectivity index (χ0v) is 19.0. The van der Waals surface area contributed by atoms with Crippen LogP contribution in [0.3, 0.4) is 0 Å². The summed E-state index contributed by atoms with van der Waals surface area (Å²) in [6.07, 6.45) is -3.69. The fourth-order valence-electron chi connectivity index (χ4n) is 4.34. The average Bonchev–Trinajstić information content (AvgIpc) is 2.77. The Kier molecular flexibility index (Phi) is 6.74. The van der Waals surface area contributed by atoms with Gasteiger partial charge in [0.15, 0.2) is 5.75 Å². The lowest BCUT2D eigenvalue weighted by Crippen LogP contribution is -2.49. The Balaban J connectivity index is 1.41. The summed E-state index contributed by atoms with van der Waals surface area (Å²) in [4.78, 5) is 18.1. The van der Waals surface area contributed by atoms with Gasteiger partial charge in [0.2, 0.25) is 5.91 Å². The second-order valence-electron chi connectivity index (χ2n) is 8.20. The first-order valence-electron chi connectivity index (χ1n) is 10.7. The maximum atomic E-state index is 13.0. The lowest BCUT2D eigenvalue weighted by atomic mass is 10.0. The van der Waals surface area contributed by atoms with Crippen LogP contribution >= 0.6 is 0 Å². The number of carbonyl (C=O) groups excluding carboxylic acids is 1. The Morgan fingerprint density at radius 2 is 1.68 bits per heavy atom. The summed E-state index contributed by atoms with van der Waals surface area (Å²) >= 11 is 0. The number of hydrogen-bond acceptors (Lipinski definition) is 6. The van der Waals surface area contributed by atoms with Crippen LogP contribution in [-0.2, 0) is 27.8 Å². The highest BCUT2D eigenvalue weighted by Crippen LogP contribution is 2.37. The van der Waals surface area contributed by atoms with Crippen LogP contribution < -0.4 is 14.0 Å². The van der Waals surface area contributed by atoms with Gasteiger partial charge >= 0.3 is 16.6 Å². The minimum absolute atomic E-state index is 0.109. The van der Waals surface area contributed by atoms with Gasteiger partial charge in [-0.05, 0) is 36.2 Å². The molecule has 0 radical (unpaired) electrons. The van der Waals surface area contributed by atoms with Gasteiger partial charge in [0.05, 0.1) is 11.3 Å². The Morgan fingerprint density at radius 1 is 0.971 bits per heavy atom. The molecule has 0 aliphatic carbocycles. The van der Waals surface area contributed by atoms with Crippen molar-refractivity contribution in [3.05, 3.63) is 53.6 Å². The first-order valence-corrected chi connectivity index (χ1v) is 12.1. The van der Waals surface area contributed by atoms with Crippen LogP contribution in [0, 0.1) is 0 Å². The lowest BCUT2D eigenvalue weighted by molar-refractivity contribution is -0.137. The molecule has 0 aromatic heterocycles. The molecule has 2 aromatic rings. The summed E-state index contributed by atoms with van der Waals surface area (Å²) in [7, 11) is -4.76. The van der Waals surface area contributed by atoms with E-state index < -0.39 is 22.1 Å². The topological polar surface area (TPSA) is 90.4 Å². The fraction of sp³-hybridized carbons (Fsp3) is 0.409. The number of halogens is 3. The van der Waals surface area contributed by atoms with E-state index in [4.69, 9.17) is 8.74 Å². The van der Waals surface area contributed by atoms with Crippen LogP contribution in [0.15, 0.2) is 42.5 Å². The number of alkyl halides is 3. The summed E-state index contributed by atoms with van der Waals surface area (Å²) in [5.74, 6) is -0.288. The highest BCUT2D eigenvalue weighted by molar-refractivity contribution is 7.81. The number of hydrogen-bond donors (Lipinski definition) is 1. The number of fused-ring (bicyclic) bond motifs is 1. The lowest BCUT2D eigenvalue weighted by Gasteiger charge is -2.38. The molecule has 4 rings (SSSR count). The minimum atomic E-state index is -4.76. The van der Waals surface area contributed by atoms with Gasteiger partial charge in [0, 0.05) is 51.4 Å². The van der Waals surface area contributed by atoms with Gasteiger partial charge in [0.1, 0.15) is 0 Å². The van der Waals surface area contributed by atoms with Gasteiger partial charge in [-0.1, -0.05) is 18.2 Å². The fourth-order valence-corrected chi connectivity index (χ4v) is 4.71. The van der Waals surface area contributed by atoms with Crippen molar-refractivity contribution < 1.29 is 35.1 Å². The molecular weight excluding hydrogens is 475 g/mol. The van der Waals surface area contributed by atoms with Crippen molar-refractivity contribution in [2.45, 2.75) is 19.0 Å². The van der Waals surface area contributed by atoms with Gasteiger partial charge in [0.25, 0.3) is 0 Å². The second-order valence-corrected chi connectivity index (χ2v) is 9.22. The Hall–Kier alpha value is -2.83. The number of para-hydroxylation sites is 1. The molecule has 1 fully saturated rings. The van der Waals surface area contributed by atoms with E-state index in [-0.39, 0.29) is 24.6 Å². The molecule has 0 spiro atoms. The first kappa shape index (κ1) is 24.3. The largest absolute Gasteiger partial charge is 0.446 e. The number of benzene rings is 2. The van der Waals surface area contributed by atoms with E-state index in [1.54, 1.807) is 18.2 Å². The normalized spacial score (nSPS) is 17.6. The number of anilines is 2. The van der Waals surface area contributed by atoms with Crippen LogP contribution in [-0.4, -0.2) is 63.0 Å². The third-order valence-electron chi connectivity index (χ3n) is 6.01. The standard InChI is InChI=1S/C22H24F3N3O5S/c23-22(24,25)17-4-2-5-18(15-17)27-12-9-26(10-13-27)11-14-28-20(29)8-7-16-3-1-6-19(21(16)28)33-34(30,31)32/h1-6,15H,7-14H2,(H,30,31,32). The first-order chi connectivity index (χ1) is 16.0. The van der Waals surface area contributed by atoms with E-state index >= 15 is 0 Å². The number of aryl methyl sites for hydroxylation is 1. The smallest absolute Gasteiger partial charge is 0.369 e. The molecule has 2 heterocycles. The van der Waals surface area contributed by atoms with Crippen LogP contribution in [0.25, 0.3) is 0 Å². The molecule has 2 aliphatic rings. The van der Waals surface area contributed by atoms with Crippen LogP contribution in [0.5, 0.6) is 5.75 Å². The van der Waals surface area contributed by atoms with E-state index in [1.165, 1.54) is 17.0 Å². The molecule has 1 N–H and O–H groups in total. The summed E-state index contributed by atoms with van der Waals surface area (Å²) in [6.45, 7) is 3.01. The average molecular weight is 500 g/mol. The van der Waals surface area contributed by atoms with E-state index in [0.717, 1.165) is 17.7 Å². The minimum Gasteiger partial charge on any atom is -0.369 e. The quantitative estimate of drug-likeness (QED) is 0.611. The van der Waals surface area contributed by atoms with Gasteiger partial charge in [-0.25, -0.2) is 0 Å². The van der Waals surface area contributed by atoms with Crippen molar-refractivity contribution >= 4 is 27.7 Å². The van der Waals surface area contributed by atoms with Gasteiger partial charge < -0.3 is 14.0 Å². The predicted octanol–water partition coefficient (Wildman–Crippen LogP) is 2.99. The number of rotatable bonds is 6. The van der Waals surface area contributed by atoms with Crippen LogP contribution in [0.1, 0.15) is 17.5 Å². The van der Waals surface area contributed by atoms with Gasteiger partial charge in [-0.15, -0.1) is 0 Å². The third kappa shape index (κ3) is 5.62. The summed E-state index contributed by atoms with van der Waals surface area (Å²) in [5.41, 5.74) is 0.910. The molecule has 0 saturated carbocycles. The van der Waals surface area contributed by atoms with Gasteiger partial charge in [-0.2, -0.15) is 21.6 Å². The Morgan fingerprint density at radius 3 is 2.35 bits per heavy atom. The van der Waals surface area contributed by atoms with Crippen molar-refractivity contribution in [3.8, 4) is 5.75 Å². The highest BCUT2D eigenvalue weighted by Gasteiger charge is 2.32. The maximum absolute atomic E-state index is 13.0. The number of amides is 1. The van der Waals surface area contributed by atoms with Gasteiger partial charge in [-0.3, -0.25) is 14.2 Å².